The fraction of sp³-hybridized carbons (Fsp3) is 0.438. The molecule has 1 aliphatic heterocycles. The maximum absolute atomic E-state index is 12.9. The second-order valence-electron chi connectivity index (χ2n) is 5.78. The van der Waals surface area contributed by atoms with Crippen LogP contribution in [0.2, 0.25) is 0 Å². The Hall–Kier alpha value is -2.62. The van der Waals surface area contributed by atoms with Gasteiger partial charge in [0.1, 0.15) is 6.04 Å². The highest BCUT2D eigenvalue weighted by Gasteiger charge is 2.41. The number of urea groups is 1. The van der Waals surface area contributed by atoms with E-state index in [2.05, 4.69) is 10.1 Å². The zero-order valence-electron chi connectivity index (χ0n) is 14.0. The third-order valence-electron chi connectivity index (χ3n) is 3.70. The van der Waals surface area contributed by atoms with Crippen molar-refractivity contribution in [2.45, 2.75) is 25.2 Å². The summed E-state index contributed by atoms with van der Waals surface area (Å²) in [4.78, 5) is 37.1. The Labute approximate surface area is 147 Å². The molecule has 0 saturated carbocycles. The van der Waals surface area contributed by atoms with Gasteiger partial charge in [-0.3, -0.25) is 14.5 Å². The molecule has 0 spiro atoms. The van der Waals surface area contributed by atoms with Crippen LogP contribution < -0.4 is 5.32 Å². The van der Waals surface area contributed by atoms with Crippen LogP contribution in [0.1, 0.15) is 12.0 Å². The number of nitrogens with one attached hydrogen (secondary N) is 1. The number of halogens is 3. The number of benzene rings is 1. The molecule has 142 valence electrons. The van der Waals surface area contributed by atoms with Crippen LogP contribution in [0.4, 0.5) is 18.0 Å². The average molecular weight is 373 g/mol. The molecule has 0 aliphatic carbocycles. The fourth-order valence-corrected chi connectivity index (χ4v) is 2.55. The Morgan fingerprint density at radius 3 is 2.50 bits per heavy atom. The third kappa shape index (κ3) is 5.45. The molecule has 0 radical (unpaired) electrons. The molecule has 7 nitrogen and oxygen atoms in total. The van der Waals surface area contributed by atoms with Crippen LogP contribution in [-0.2, 0) is 20.9 Å². The normalized spacial score (nSPS) is 17.6. The summed E-state index contributed by atoms with van der Waals surface area (Å²) >= 11 is 0. The Bertz CT molecular complexity index is 666. The van der Waals surface area contributed by atoms with Gasteiger partial charge in [0.25, 0.3) is 5.91 Å². The summed E-state index contributed by atoms with van der Waals surface area (Å²) in [6.45, 7) is -1.93. The number of esters is 1. The molecule has 10 heteroatoms. The van der Waals surface area contributed by atoms with Crippen molar-refractivity contribution in [1.29, 1.82) is 0 Å². The highest BCUT2D eigenvalue weighted by molar-refractivity contribution is 6.05. The molecular formula is C16H18F3N3O4. The number of methoxy groups -OCH3 is 1. The lowest BCUT2D eigenvalue weighted by molar-refractivity contribution is -0.153. The average Bonchev–Trinajstić information content (AvgIpc) is 2.81. The van der Waals surface area contributed by atoms with Gasteiger partial charge >= 0.3 is 18.2 Å². The number of ether oxygens (including phenoxy) is 1. The largest absolute Gasteiger partial charge is 0.469 e. The van der Waals surface area contributed by atoms with Gasteiger partial charge in [-0.15, -0.1) is 0 Å². The van der Waals surface area contributed by atoms with Crippen molar-refractivity contribution in [2.75, 3.05) is 20.3 Å². The van der Waals surface area contributed by atoms with Gasteiger partial charge in [-0.2, -0.15) is 13.2 Å². The van der Waals surface area contributed by atoms with E-state index in [4.69, 9.17) is 0 Å². The van der Waals surface area contributed by atoms with Gasteiger partial charge < -0.3 is 10.1 Å². The molecule has 1 aromatic carbocycles. The van der Waals surface area contributed by atoms with Gasteiger partial charge in [0.05, 0.1) is 26.7 Å². The van der Waals surface area contributed by atoms with E-state index in [1.807, 2.05) is 0 Å². The molecule has 1 fully saturated rings. The first kappa shape index (κ1) is 19.7. The first-order valence-corrected chi connectivity index (χ1v) is 7.71. The summed E-state index contributed by atoms with van der Waals surface area (Å²) in [7, 11) is 1.13. The van der Waals surface area contributed by atoms with Crippen molar-refractivity contribution >= 4 is 17.9 Å². The molecule has 1 N–H and O–H groups in total. The standard InChI is InChI=1S/C16H18F3N3O4/c1-26-13(23)7-12-14(24)22(15(25)20-12)10-21(9-16(17,18)19)8-11-5-3-2-4-6-11/h2-6,12H,7-10H2,1H3,(H,20,25)/t12-/m1/s1. The molecule has 0 unspecified atom stereocenters. The minimum Gasteiger partial charge on any atom is -0.469 e. The summed E-state index contributed by atoms with van der Waals surface area (Å²) < 4.78 is 43.0. The van der Waals surface area contributed by atoms with Gasteiger partial charge in [0, 0.05) is 6.54 Å². The third-order valence-corrected chi connectivity index (χ3v) is 3.70. The van der Waals surface area contributed by atoms with Crippen molar-refractivity contribution in [1.82, 2.24) is 15.1 Å². The highest BCUT2D eigenvalue weighted by atomic mass is 19.4. The lowest BCUT2D eigenvalue weighted by Gasteiger charge is -2.27. The van der Waals surface area contributed by atoms with E-state index < -0.39 is 43.3 Å². The van der Waals surface area contributed by atoms with Crippen LogP contribution in [0, 0.1) is 0 Å². The van der Waals surface area contributed by atoms with Crippen LogP contribution >= 0.6 is 0 Å². The van der Waals surface area contributed by atoms with Crippen LogP contribution in [0.5, 0.6) is 0 Å². The molecular weight excluding hydrogens is 355 g/mol. The predicted molar refractivity (Wildman–Crippen MR) is 83.6 cm³/mol. The van der Waals surface area contributed by atoms with Gasteiger partial charge in [0.2, 0.25) is 0 Å². The Kier molecular flexibility index (Phi) is 6.19. The number of alkyl halides is 3. The predicted octanol–water partition coefficient (Wildman–Crippen LogP) is 1.49. The summed E-state index contributed by atoms with van der Waals surface area (Å²) in [5.74, 6) is -1.47. The van der Waals surface area contributed by atoms with E-state index in [-0.39, 0.29) is 13.0 Å². The maximum atomic E-state index is 12.9. The van der Waals surface area contributed by atoms with Gasteiger partial charge in [-0.1, -0.05) is 30.3 Å². The molecule has 1 heterocycles. The van der Waals surface area contributed by atoms with Crippen molar-refractivity contribution < 1.29 is 32.3 Å². The van der Waals surface area contributed by atoms with E-state index in [0.717, 1.165) is 12.0 Å². The van der Waals surface area contributed by atoms with E-state index in [9.17, 15) is 27.6 Å². The summed E-state index contributed by atoms with van der Waals surface area (Å²) in [5, 5.41) is 2.28. The first-order valence-electron chi connectivity index (χ1n) is 7.71. The second-order valence-corrected chi connectivity index (χ2v) is 5.78. The van der Waals surface area contributed by atoms with E-state index in [1.165, 1.54) is 0 Å². The number of amides is 3. The SMILES string of the molecule is COC(=O)C[C@H]1NC(=O)N(CN(Cc2ccccc2)CC(F)(F)F)C1=O. The topological polar surface area (TPSA) is 79.0 Å². The molecule has 1 atom stereocenters. The van der Waals surface area contributed by atoms with Crippen LogP contribution in [0.3, 0.4) is 0 Å². The summed E-state index contributed by atoms with van der Waals surface area (Å²) in [5.41, 5.74) is 0.606. The van der Waals surface area contributed by atoms with Gasteiger partial charge in [-0.25, -0.2) is 9.69 Å². The molecule has 2 rings (SSSR count). The minimum atomic E-state index is -4.50. The van der Waals surface area contributed by atoms with E-state index in [1.54, 1.807) is 30.3 Å². The molecule has 0 bridgehead atoms. The molecule has 1 saturated heterocycles. The minimum absolute atomic E-state index is 0.0981. The first-order chi connectivity index (χ1) is 12.2. The highest BCUT2D eigenvalue weighted by Crippen LogP contribution is 2.20. The Morgan fingerprint density at radius 1 is 1.27 bits per heavy atom. The number of rotatable bonds is 7. The van der Waals surface area contributed by atoms with Gasteiger partial charge in [0.15, 0.2) is 0 Å². The van der Waals surface area contributed by atoms with Crippen molar-refractivity contribution in [3.63, 3.8) is 0 Å². The van der Waals surface area contributed by atoms with Crippen LogP contribution in [-0.4, -0.2) is 60.2 Å². The zero-order valence-corrected chi connectivity index (χ0v) is 14.0. The number of imide groups is 1. The quantitative estimate of drug-likeness (QED) is 0.579. The Morgan fingerprint density at radius 2 is 1.92 bits per heavy atom. The monoisotopic (exact) mass is 373 g/mol. The van der Waals surface area contributed by atoms with Gasteiger partial charge in [-0.05, 0) is 5.56 Å². The smallest absolute Gasteiger partial charge is 0.401 e. The number of hydrogen-bond donors (Lipinski definition) is 1. The summed E-state index contributed by atoms with van der Waals surface area (Å²) in [6.07, 6.45) is -4.88. The molecule has 1 aromatic rings. The number of hydrogen-bond acceptors (Lipinski definition) is 5. The Balaban J connectivity index is 2.10. The lowest BCUT2D eigenvalue weighted by atomic mass is 10.2. The van der Waals surface area contributed by atoms with Crippen LogP contribution in [0.25, 0.3) is 0 Å². The summed E-state index contributed by atoms with van der Waals surface area (Å²) in [6, 6.07) is 6.41. The molecule has 3 amide bonds. The lowest BCUT2D eigenvalue weighted by Crippen LogP contribution is -2.45. The van der Waals surface area contributed by atoms with E-state index in [0.29, 0.717) is 10.5 Å². The number of carbonyl (C=O) groups is 3. The van der Waals surface area contributed by atoms with E-state index >= 15 is 0 Å². The van der Waals surface area contributed by atoms with Crippen molar-refractivity contribution in [3.8, 4) is 0 Å². The van der Waals surface area contributed by atoms with Crippen molar-refractivity contribution in [3.05, 3.63) is 35.9 Å². The molecule has 1 aliphatic rings. The fourth-order valence-electron chi connectivity index (χ4n) is 2.55. The maximum Gasteiger partial charge on any atom is 0.401 e. The van der Waals surface area contributed by atoms with Crippen molar-refractivity contribution in [2.24, 2.45) is 0 Å². The zero-order chi connectivity index (χ0) is 19.3. The number of carbonyl (C=O) groups excluding carboxylic acids is 3. The molecule has 26 heavy (non-hydrogen) atoms. The molecule has 0 aromatic heterocycles. The number of nitrogens with zero attached hydrogens (tertiary/aromatic N) is 2. The second kappa shape index (κ2) is 8.17. The van der Waals surface area contributed by atoms with Crippen LogP contribution in [0.15, 0.2) is 30.3 Å².